The van der Waals surface area contributed by atoms with E-state index in [9.17, 15) is 4.79 Å². The van der Waals surface area contributed by atoms with Crippen LogP contribution in [0.2, 0.25) is 0 Å². The van der Waals surface area contributed by atoms with Crippen LogP contribution in [0.25, 0.3) is 0 Å². The molecule has 2 aliphatic heterocycles. The molecule has 0 radical (unpaired) electrons. The largest absolute Gasteiger partial charge is 0.480 e. The Morgan fingerprint density at radius 1 is 1.46 bits per heavy atom. The van der Waals surface area contributed by atoms with Gasteiger partial charge in [0, 0.05) is 24.9 Å². The Kier molecular flexibility index (Phi) is 2.26. The molecule has 3 atom stereocenters. The molecule has 0 aromatic heterocycles. The first-order chi connectivity index (χ1) is 6.18. The molecule has 2 aliphatic rings. The Bertz CT molecular complexity index is 207. The third-order valence-electron chi connectivity index (χ3n) is 3.17. The fourth-order valence-electron chi connectivity index (χ4n) is 2.20. The molecule has 3 unspecified atom stereocenters. The molecule has 0 spiro atoms. The van der Waals surface area contributed by atoms with Crippen LogP contribution in [0, 0.1) is 11.8 Å². The highest BCUT2D eigenvalue weighted by atomic mass is 16.5. The molecule has 2 saturated heterocycles. The van der Waals surface area contributed by atoms with Crippen LogP contribution in [-0.4, -0.2) is 48.3 Å². The number of carboxylic acids is 1. The van der Waals surface area contributed by atoms with Gasteiger partial charge in [-0.3, -0.25) is 9.69 Å². The van der Waals surface area contributed by atoms with Crippen molar-refractivity contribution >= 4 is 5.97 Å². The Morgan fingerprint density at radius 2 is 2.00 bits per heavy atom. The highest BCUT2D eigenvalue weighted by Gasteiger charge is 2.39. The van der Waals surface area contributed by atoms with Crippen LogP contribution in [0.4, 0.5) is 0 Å². The van der Waals surface area contributed by atoms with Crippen LogP contribution in [0.5, 0.6) is 0 Å². The van der Waals surface area contributed by atoms with Crippen LogP contribution in [0.1, 0.15) is 6.92 Å². The van der Waals surface area contributed by atoms with Gasteiger partial charge in [0.1, 0.15) is 6.04 Å². The smallest absolute Gasteiger partial charge is 0.320 e. The zero-order valence-corrected chi connectivity index (χ0v) is 7.77. The average molecular weight is 185 g/mol. The summed E-state index contributed by atoms with van der Waals surface area (Å²) in [5.41, 5.74) is 0. The van der Waals surface area contributed by atoms with Crippen molar-refractivity contribution in [1.82, 2.24) is 4.90 Å². The van der Waals surface area contributed by atoms with Crippen LogP contribution in [0.15, 0.2) is 0 Å². The Balaban J connectivity index is 1.95. The molecule has 1 N–H and O–H groups in total. The molecule has 4 nitrogen and oxygen atoms in total. The van der Waals surface area contributed by atoms with E-state index >= 15 is 0 Å². The van der Waals surface area contributed by atoms with E-state index in [1.807, 2.05) is 4.90 Å². The molecule has 0 aromatic carbocycles. The minimum Gasteiger partial charge on any atom is -0.480 e. The molecule has 74 valence electrons. The molecular weight excluding hydrogens is 170 g/mol. The minimum atomic E-state index is -0.721. The molecule has 0 amide bonds. The summed E-state index contributed by atoms with van der Waals surface area (Å²) >= 11 is 0. The first-order valence-corrected chi connectivity index (χ1v) is 4.73. The first kappa shape index (κ1) is 8.97. The molecule has 2 fully saturated rings. The van der Waals surface area contributed by atoms with Crippen molar-refractivity contribution in [3.05, 3.63) is 0 Å². The van der Waals surface area contributed by atoms with Crippen molar-refractivity contribution in [1.29, 1.82) is 0 Å². The predicted molar refractivity (Wildman–Crippen MR) is 46.5 cm³/mol. The third-order valence-corrected chi connectivity index (χ3v) is 3.17. The summed E-state index contributed by atoms with van der Waals surface area (Å²) in [6.07, 6.45) is 0. The summed E-state index contributed by atoms with van der Waals surface area (Å²) in [6.45, 7) is 5.15. The molecule has 0 bridgehead atoms. The van der Waals surface area contributed by atoms with Gasteiger partial charge in [0.05, 0.1) is 13.2 Å². The zero-order chi connectivity index (χ0) is 9.42. The Hall–Kier alpha value is -0.610. The van der Waals surface area contributed by atoms with Gasteiger partial charge in [0.2, 0.25) is 0 Å². The molecule has 4 heteroatoms. The number of rotatable bonds is 2. The van der Waals surface area contributed by atoms with Gasteiger partial charge in [-0.05, 0) is 6.92 Å². The Labute approximate surface area is 77.5 Å². The van der Waals surface area contributed by atoms with Gasteiger partial charge < -0.3 is 9.84 Å². The summed E-state index contributed by atoms with van der Waals surface area (Å²) in [5, 5.41) is 8.83. The summed E-state index contributed by atoms with van der Waals surface area (Å²) in [5.74, 6) is 0.421. The van der Waals surface area contributed by atoms with E-state index < -0.39 is 5.97 Å². The monoisotopic (exact) mass is 185 g/mol. The average Bonchev–Trinajstić information content (AvgIpc) is 2.59. The van der Waals surface area contributed by atoms with Gasteiger partial charge in [-0.25, -0.2) is 0 Å². The zero-order valence-electron chi connectivity index (χ0n) is 7.77. The van der Waals surface area contributed by atoms with E-state index in [2.05, 4.69) is 0 Å². The SMILES string of the molecule is CC(C(=O)O)N1CC2COCC2C1. The maximum Gasteiger partial charge on any atom is 0.320 e. The fourth-order valence-corrected chi connectivity index (χ4v) is 2.20. The highest BCUT2D eigenvalue weighted by molar-refractivity contribution is 5.72. The van der Waals surface area contributed by atoms with E-state index in [4.69, 9.17) is 9.84 Å². The summed E-state index contributed by atoms with van der Waals surface area (Å²) < 4.78 is 5.33. The van der Waals surface area contributed by atoms with Gasteiger partial charge in [0.25, 0.3) is 0 Å². The standard InChI is InChI=1S/C9H15NO3/c1-6(9(11)12)10-2-7-4-13-5-8(7)3-10/h6-8H,2-5H2,1H3,(H,11,12). The van der Waals surface area contributed by atoms with Crippen molar-refractivity contribution in [2.24, 2.45) is 11.8 Å². The minimum absolute atomic E-state index is 0.342. The number of carboxylic acid groups (broad SMARTS) is 1. The number of nitrogens with zero attached hydrogens (tertiary/aromatic N) is 1. The summed E-state index contributed by atoms with van der Waals surface area (Å²) in [4.78, 5) is 12.8. The molecule has 0 aromatic rings. The third kappa shape index (κ3) is 1.56. The topological polar surface area (TPSA) is 49.8 Å². The van der Waals surface area contributed by atoms with E-state index in [-0.39, 0.29) is 6.04 Å². The number of hydrogen-bond donors (Lipinski definition) is 1. The second-order valence-corrected chi connectivity index (χ2v) is 4.03. The lowest BCUT2D eigenvalue weighted by atomic mass is 10.0. The van der Waals surface area contributed by atoms with E-state index in [0.717, 1.165) is 26.3 Å². The van der Waals surface area contributed by atoms with Crippen molar-refractivity contribution in [2.75, 3.05) is 26.3 Å². The van der Waals surface area contributed by atoms with Crippen molar-refractivity contribution in [3.63, 3.8) is 0 Å². The molecule has 0 saturated carbocycles. The second kappa shape index (κ2) is 3.27. The van der Waals surface area contributed by atoms with Crippen LogP contribution >= 0.6 is 0 Å². The number of ether oxygens (including phenoxy) is 1. The lowest BCUT2D eigenvalue weighted by Gasteiger charge is -2.20. The Morgan fingerprint density at radius 3 is 2.46 bits per heavy atom. The maximum atomic E-state index is 10.7. The van der Waals surface area contributed by atoms with Crippen LogP contribution < -0.4 is 0 Å². The quantitative estimate of drug-likeness (QED) is 0.659. The molecule has 2 heterocycles. The molecule has 2 rings (SSSR count). The summed E-state index contributed by atoms with van der Waals surface area (Å²) in [6, 6.07) is -0.342. The second-order valence-electron chi connectivity index (χ2n) is 4.03. The van der Waals surface area contributed by atoms with Gasteiger partial charge in [-0.15, -0.1) is 0 Å². The molecule has 13 heavy (non-hydrogen) atoms. The molecular formula is C9H15NO3. The lowest BCUT2D eigenvalue weighted by molar-refractivity contribution is -0.142. The number of aliphatic carboxylic acids is 1. The highest BCUT2D eigenvalue weighted by Crippen LogP contribution is 2.30. The van der Waals surface area contributed by atoms with Crippen molar-refractivity contribution < 1.29 is 14.6 Å². The van der Waals surface area contributed by atoms with Gasteiger partial charge in [0.15, 0.2) is 0 Å². The number of hydrogen-bond acceptors (Lipinski definition) is 3. The van der Waals surface area contributed by atoms with Crippen LogP contribution in [0.3, 0.4) is 0 Å². The van der Waals surface area contributed by atoms with Crippen LogP contribution in [-0.2, 0) is 9.53 Å². The first-order valence-electron chi connectivity index (χ1n) is 4.73. The number of fused-ring (bicyclic) bond motifs is 1. The summed E-state index contributed by atoms with van der Waals surface area (Å²) in [7, 11) is 0. The maximum absolute atomic E-state index is 10.7. The van der Waals surface area contributed by atoms with E-state index in [1.54, 1.807) is 6.92 Å². The van der Waals surface area contributed by atoms with Crippen molar-refractivity contribution in [2.45, 2.75) is 13.0 Å². The fraction of sp³-hybridized carbons (Fsp3) is 0.889. The van der Waals surface area contributed by atoms with E-state index in [1.165, 1.54) is 0 Å². The number of carbonyl (C=O) groups is 1. The van der Waals surface area contributed by atoms with Gasteiger partial charge >= 0.3 is 5.97 Å². The van der Waals surface area contributed by atoms with E-state index in [0.29, 0.717) is 11.8 Å². The van der Waals surface area contributed by atoms with Gasteiger partial charge in [-0.1, -0.05) is 0 Å². The normalized spacial score (nSPS) is 36.1. The lowest BCUT2D eigenvalue weighted by Crippen LogP contribution is -2.38. The van der Waals surface area contributed by atoms with Gasteiger partial charge in [-0.2, -0.15) is 0 Å². The van der Waals surface area contributed by atoms with Crippen molar-refractivity contribution in [3.8, 4) is 0 Å². The number of likely N-dealkylation sites (tertiary alicyclic amines) is 1. The molecule has 0 aliphatic carbocycles. The predicted octanol–water partition coefficient (Wildman–Crippen LogP) is 0.0377.